The Bertz CT molecular complexity index is 529. The van der Waals surface area contributed by atoms with Crippen LogP contribution >= 0.6 is 11.6 Å². The standard InChI is InChI=1S/C12H16ClN3/c1-5-9-10(7(2)3)6-11-14-8(4)15-16(11)12(9)13/h6-7H,5H2,1-4H3. The highest BCUT2D eigenvalue weighted by Crippen LogP contribution is 2.28. The Labute approximate surface area is 100 Å². The Balaban J connectivity index is 2.80. The van der Waals surface area contributed by atoms with E-state index in [9.17, 15) is 0 Å². The van der Waals surface area contributed by atoms with E-state index in [4.69, 9.17) is 11.6 Å². The van der Waals surface area contributed by atoms with Crippen LogP contribution in [-0.2, 0) is 6.42 Å². The molecular weight excluding hydrogens is 222 g/mol. The number of aromatic nitrogens is 3. The van der Waals surface area contributed by atoms with Crippen LogP contribution in [0.15, 0.2) is 6.07 Å². The lowest BCUT2D eigenvalue weighted by atomic mass is 9.98. The predicted octanol–water partition coefficient (Wildman–Crippen LogP) is 3.38. The van der Waals surface area contributed by atoms with Crippen molar-refractivity contribution in [2.45, 2.75) is 40.0 Å². The smallest absolute Gasteiger partial charge is 0.157 e. The molecule has 4 heteroatoms. The summed E-state index contributed by atoms with van der Waals surface area (Å²) in [6, 6.07) is 2.09. The van der Waals surface area contributed by atoms with Crippen molar-refractivity contribution in [3.05, 3.63) is 28.2 Å². The summed E-state index contributed by atoms with van der Waals surface area (Å²) in [5.41, 5.74) is 3.28. The SMILES string of the molecule is CCc1c(C(C)C)cc2nc(C)nn2c1Cl. The van der Waals surface area contributed by atoms with Crippen LogP contribution in [-0.4, -0.2) is 14.6 Å². The van der Waals surface area contributed by atoms with E-state index in [-0.39, 0.29) is 0 Å². The quantitative estimate of drug-likeness (QED) is 0.750. The minimum atomic E-state index is 0.453. The average Bonchev–Trinajstić information content (AvgIpc) is 2.58. The molecule has 0 aliphatic rings. The molecule has 0 aromatic carbocycles. The van der Waals surface area contributed by atoms with Crippen LogP contribution in [0.1, 0.15) is 43.6 Å². The first-order chi connectivity index (χ1) is 7.54. The van der Waals surface area contributed by atoms with Gasteiger partial charge in [-0.3, -0.25) is 0 Å². The molecule has 0 unspecified atom stereocenters. The molecule has 0 fully saturated rings. The highest BCUT2D eigenvalue weighted by atomic mass is 35.5. The van der Waals surface area contributed by atoms with E-state index in [2.05, 4.69) is 36.9 Å². The predicted molar refractivity (Wildman–Crippen MR) is 66.2 cm³/mol. The van der Waals surface area contributed by atoms with Crippen molar-refractivity contribution in [3.8, 4) is 0 Å². The van der Waals surface area contributed by atoms with Gasteiger partial charge in [-0.25, -0.2) is 9.50 Å². The molecule has 0 spiro atoms. The van der Waals surface area contributed by atoms with Gasteiger partial charge in [0.25, 0.3) is 0 Å². The van der Waals surface area contributed by atoms with Crippen LogP contribution < -0.4 is 0 Å². The summed E-state index contributed by atoms with van der Waals surface area (Å²) in [5.74, 6) is 1.21. The number of pyridine rings is 1. The van der Waals surface area contributed by atoms with E-state index in [0.717, 1.165) is 17.9 Å². The van der Waals surface area contributed by atoms with Crippen LogP contribution in [0, 0.1) is 6.92 Å². The zero-order valence-corrected chi connectivity index (χ0v) is 10.8. The lowest BCUT2D eigenvalue weighted by molar-refractivity contribution is 0.825. The van der Waals surface area contributed by atoms with E-state index in [1.807, 2.05) is 6.92 Å². The minimum absolute atomic E-state index is 0.453. The number of rotatable bonds is 2. The van der Waals surface area contributed by atoms with Crippen molar-refractivity contribution in [2.24, 2.45) is 0 Å². The molecule has 0 radical (unpaired) electrons. The number of fused-ring (bicyclic) bond motifs is 1. The third kappa shape index (κ3) is 1.69. The zero-order valence-electron chi connectivity index (χ0n) is 10.1. The fourth-order valence-corrected chi connectivity index (χ4v) is 2.37. The van der Waals surface area contributed by atoms with Gasteiger partial charge in [-0.05, 0) is 36.5 Å². The van der Waals surface area contributed by atoms with Crippen LogP contribution in [0.5, 0.6) is 0 Å². The lowest BCUT2D eigenvalue weighted by Crippen LogP contribution is -2.02. The van der Waals surface area contributed by atoms with Crippen LogP contribution in [0.2, 0.25) is 5.15 Å². The maximum atomic E-state index is 6.36. The summed E-state index contributed by atoms with van der Waals surface area (Å²) in [6.45, 7) is 8.34. The molecule has 0 atom stereocenters. The summed E-state index contributed by atoms with van der Waals surface area (Å²) in [4.78, 5) is 4.36. The second-order valence-corrected chi connectivity index (χ2v) is 4.66. The summed E-state index contributed by atoms with van der Waals surface area (Å²) in [5, 5.41) is 4.99. The van der Waals surface area contributed by atoms with Gasteiger partial charge in [0.1, 0.15) is 11.0 Å². The van der Waals surface area contributed by atoms with Crippen molar-refractivity contribution in [3.63, 3.8) is 0 Å². The van der Waals surface area contributed by atoms with Gasteiger partial charge in [-0.15, -0.1) is 0 Å². The van der Waals surface area contributed by atoms with E-state index >= 15 is 0 Å². The maximum Gasteiger partial charge on any atom is 0.157 e. The largest absolute Gasteiger partial charge is 0.212 e. The van der Waals surface area contributed by atoms with Crippen molar-refractivity contribution in [2.75, 3.05) is 0 Å². The molecule has 0 saturated heterocycles. The van der Waals surface area contributed by atoms with E-state index < -0.39 is 0 Å². The highest BCUT2D eigenvalue weighted by Gasteiger charge is 2.14. The van der Waals surface area contributed by atoms with Gasteiger partial charge in [0.15, 0.2) is 5.65 Å². The molecule has 3 nitrogen and oxygen atoms in total. The Morgan fingerprint density at radius 3 is 2.69 bits per heavy atom. The van der Waals surface area contributed by atoms with Gasteiger partial charge in [-0.1, -0.05) is 32.4 Å². The summed E-state index contributed by atoms with van der Waals surface area (Å²) < 4.78 is 1.72. The Morgan fingerprint density at radius 1 is 1.44 bits per heavy atom. The molecule has 0 N–H and O–H groups in total. The Morgan fingerprint density at radius 2 is 2.12 bits per heavy atom. The molecule has 0 aliphatic carbocycles. The second-order valence-electron chi connectivity index (χ2n) is 4.31. The average molecular weight is 238 g/mol. The third-order valence-electron chi connectivity index (χ3n) is 2.78. The first-order valence-electron chi connectivity index (χ1n) is 5.59. The molecule has 16 heavy (non-hydrogen) atoms. The maximum absolute atomic E-state index is 6.36. The zero-order chi connectivity index (χ0) is 11.9. The van der Waals surface area contributed by atoms with Gasteiger partial charge >= 0.3 is 0 Å². The van der Waals surface area contributed by atoms with Crippen LogP contribution in [0.3, 0.4) is 0 Å². The monoisotopic (exact) mass is 237 g/mol. The van der Waals surface area contributed by atoms with Crippen molar-refractivity contribution in [1.29, 1.82) is 0 Å². The Hall–Kier alpha value is -1.09. The van der Waals surface area contributed by atoms with Gasteiger partial charge in [0.05, 0.1) is 0 Å². The molecule has 2 rings (SSSR count). The molecule has 0 bridgehead atoms. The molecule has 2 aromatic heterocycles. The second kappa shape index (κ2) is 4.06. The first-order valence-corrected chi connectivity index (χ1v) is 5.97. The summed E-state index contributed by atoms with van der Waals surface area (Å²) in [6.07, 6.45) is 0.918. The molecule has 86 valence electrons. The molecule has 2 aromatic rings. The topological polar surface area (TPSA) is 30.2 Å². The molecular formula is C12H16ClN3. The van der Waals surface area contributed by atoms with Crippen molar-refractivity contribution >= 4 is 17.2 Å². The van der Waals surface area contributed by atoms with Gasteiger partial charge in [-0.2, -0.15) is 5.10 Å². The number of hydrogen-bond acceptors (Lipinski definition) is 2. The van der Waals surface area contributed by atoms with Gasteiger partial charge in [0, 0.05) is 0 Å². The molecule has 0 amide bonds. The van der Waals surface area contributed by atoms with E-state index in [1.165, 1.54) is 11.1 Å². The molecule has 0 saturated carbocycles. The summed E-state index contributed by atoms with van der Waals surface area (Å²) >= 11 is 6.36. The number of hydrogen-bond donors (Lipinski definition) is 0. The number of halogens is 1. The van der Waals surface area contributed by atoms with Gasteiger partial charge < -0.3 is 0 Å². The molecule has 0 aliphatic heterocycles. The van der Waals surface area contributed by atoms with Crippen LogP contribution in [0.25, 0.3) is 5.65 Å². The first kappa shape index (κ1) is 11.4. The highest BCUT2D eigenvalue weighted by molar-refractivity contribution is 6.30. The van der Waals surface area contributed by atoms with Crippen LogP contribution in [0.4, 0.5) is 0 Å². The normalized spacial score (nSPS) is 11.6. The van der Waals surface area contributed by atoms with Crippen molar-refractivity contribution < 1.29 is 0 Å². The number of aryl methyl sites for hydroxylation is 1. The fourth-order valence-electron chi connectivity index (χ4n) is 2.01. The summed E-state index contributed by atoms with van der Waals surface area (Å²) in [7, 11) is 0. The fraction of sp³-hybridized carbons (Fsp3) is 0.500. The molecule has 2 heterocycles. The van der Waals surface area contributed by atoms with Gasteiger partial charge in [0.2, 0.25) is 0 Å². The van der Waals surface area contributed by atoms with Crippen molar-refractivity contribution in [1.82, 2.24) is 14.6 Å². The lowest BCUT2D eigenvalue weighted by Gasteiger charge is -2.13. The minimum Gasteiger partial charge on any atom is -0.212 e. The Kier molecular flexibility index (Phi) is 2.89. The van der Waals surface area contributed by atoms with E-state index in [0.29, 0.717) is 11.1 Å². The van der Waals surface area contributed by atoms with E-state index in [1.54, 1.807) is 4.52 Å². The third-order valence-corrected chi connectivity index (χ3v) is 3.17. The number of nitrogens with zero attached hydrogens (tertiary/aromatic N) is 3.